The number of ether oxygens (including phenoxy) is 2. The van der Waals surface area contributed by atoms with Gasteiger partial charge in [0, 0.05) is 35.6 Å². The summed E-state index contributed by atoms with van der Waals surface area (Å²) in [4.78, 5) is 15.8. The molecule has 1 amide bonds. The van der Waals surface area contributed by atoms with Crippen molar-refractivity contribution in [3.05, 3.63) is 66.7 Å². The molecule has 2 N–H and O–H groups in total. The van der Waals surface area contributed by atoms with Crippen molar-refractivity contribution in [1.29, 1.82) is 5.26 Å². The highest BCUT2D eigenvalue weighted by Gasteiger charge is 2.28. The molecule has 4 aromatic rings. The Bertz CT molecular complexity index is 1420. The fourth-order valence-corrected chi connectivity index (χ4v) is 4.68. The summed E-state index contributed by atoms with van der Waals surface area (Å²) in [6.07, 6.45) is 7.17. The normalized spacial score (nSPS) is 14.1. The molecule has 1 aliphatic rings. The van der Waals surface area contributed by atoms with E-state index in [0.717, 1.165) is 41.4 Å². The van der Waals surface area contributed by atoms with Crippen LogP contribution in [0.3, 0.4) is 0 Å². The van der Waals surface area contributed by atoms with Crippen molar-refractivity contribution < 1.29 is 19.4 Å². The van der Waals surface area contributed by atoms with Crippen LogP contribution in [0.1, 0.15) is 37.8 Å². The Morgan fingerprint density at radius 2 is 2.08 bits per heavy atom. The van der Waals surface area contributed by atoms with Gasteiger partial charge in [0.05, 0.1) is 36.3 Å². The van der Waals surface area contributed by atoms with Crippen molar-refractivity contribution in [3.63, 3.8) is 0 Å². The molecule has 0 aliphatic heterocycles. The van der Waals surface area contributed by atoms with Crippen LogP contribution < -0.4 is 10.1 Å². The first-order valence-corrected chi connectivity index (χ1v) is 12.5. The molecule has 1 saturated carbocycles. The smallest absolute Gasteiger partial charge is 0.411 e. The number of hydrogen-bond acceptors (Lipinski definition) is 6. The molecule has 0 saturated heterocycles. The second kappa shape index (κ2) is 10.8. The minimum atomic E-state index is -0.685. The molecular weight excluding hydrogens is 470 g/mol. The summed E-state index contributed by atoms with van der Waals surface area (Å²) in [5.74, 6) is 0.639. The van der Waals surface area contributed by atoms with E-state index in [2.05, 4.69) is 20.9 Å². The second-order valence-corrected chi connectivity index (χ2v) is 9.12. The van der Waals surface area contributed by atoms with Gasteiger partial charge in [-0.3, -0.25) is 5.32 Å². The zero-order chi connectivity index (χ0) is 25.8. The fraction of sp³-hybridized carbons (Fsp3) is 0.321. The van der Waals surface area contributed by atoms with Crippen molar-refractivity contribution in [2.24, 2.45) is 0 Å². The first kappa shape index (κ1) is 24.4. The highest BCUT2D eigenvalue weighted by Crippen LogP contribution is 2.43. The summed E-state index contributed by atoms with van der Waals surface area (Å²) in [7, 11) is 0. The predicted molar refractivity (Wildman–Crippen MR) is 139 cm³/mol. The van der Waals surface area contributed by atoms with Crippen LogP contribution in [-0.4, -0.2) is 44.6 Å². The second-order valence-electron chi connectivity index (χ2n) is 9.12. The monoisotopic (exact) mass is 499 g/mol. The van der Waals surface area contributed by atoms with Crippen molar-refractivity contribution >= 4 is 22.7 Å². The Hall–Kier alpha value is -4.29. The highest BCUT2D eigenvalue weighted by atomic mass is 16.5. The molecule has 2 aromatic carbocycles. The van der Waals surface area contributed by atoms with E-state index in [0.29, 0.717) is 36.2 Å². The number of hydrogen-bond donors (Lipinski definition) is 2. The minimum Gasteiger partial charge on any atom is -0.491 e. The van der Waals surface area contributed by atoms with E-state index in [1.54, 1.807) is 30.2 Å². The zero-order valence-electron chi connectivity index (χ0n) is 20.6. The molecule has 5 rings (SSSR count). The van der Waals surface area contributed by atoms with Gasteiger partial charge >= 0.3 is 6.09 Å². The van der Waals surface area contributed by atoms with Crippen molar-refractivity contribution in [1.82, 2.24) is 14.1 Å². The van der Waals surface area contributed by atoms with E-state index in [4.69, 9.17) is 9.47 Å². The maximum Gasteiger partial charge on any atom is 0.411 e. The predicted octanol–water partition coefficient (Wildman–Crippen LogP) is 5.11. The van der Waals surface area contributed by atoms with Crippen molar-refractivity contribution in [2.45, 2.75) is 44.9 Å². The van der Waals surface area contributed by atoms with Crippen molar-refractivity contribution in [3.8, 4) is 23.1 Å². The Morgan fingerprint density at radius 3 is 2.73 bits per heavy atom. The summed E-state index contributed by atoms with van der Waals surface area (Å²) in [5.41, 5.74) is 3.93. The van der Waals surface area contributed by atoms with Gasteiger partial charge in [0.15, 0.2) is 0 Å². The van der Waals surface area contributed by atoms with E-state index in [1.165, 1.54) is 0 Å². The van der Waals surface area contributed by atoms with Crippen LogP contribution in [-0.2, 0) is 11.3 Å². The average Bonchev–Trinajstić information content (AvgIpc) is 3.48. The molecule has 1 atom stereocenters. The van der Waals surface area contributed by atoms with E-state index >= 15 is 0 Å². The number of imidazole rings is 1. The van der Waals surface area contributed by atoms with Crippen LogP contribution in [0.15, 0.2) is 61.2 Å². The van der Waals surface area contributed by atoms with Gasteiger partial charge in [0.25, 0.3) is 0 Å². The lowest BCUT2D eigenvalue weighted by atomic mass is 9.92. The van der Waals surface area contributed by atoms with Crippen LogP contribution in [0.2, 0.25) is 0 Å². The third-order valence-electron chi connectivity index (χ3n) is 6.63. The summed E-state index contributed by atoms with van der Waals surface area (Å²) in [5, 5.41) is 24.1. The number of amides is 1. The zero-order valence-corrected chi connectivity index (χ0v) is 20.6. The van der Waals surface area contributed by atoms with Crippen LogP contribution in [0, 0.1) is 11.3 Å². The molecule has 0 radical (unpaired) electrons. The number of carbonyl (C=O) groups is 1. The van der Waals surface area contributed by atoms with Crippen LogP contribution in [0.4, 0.5) is 10.5 Å². The number of aliphatic hydroxyl groups excluding tert-OH is 1. The van der Waals surface area contributed by atoms with Gasteiger partial charge in [-0.1, -0.05) is 12.1 Å². The van der Waals surface area contributed by atoms with Crippen LogP contribution >= 0.6 is 0 Å². The molecule has 9 heteroatoms. The standard InChI is InChI=1S/C28H29N5O4/c1-2-36-28(35)31-20-8-6-19(7-9-20)27-25(15-29)24-11-10-23(14-26(24)33(27)21-4-3-5-21)37-17-22(34)16-32-13-12-30-18-32/h6-14,18,21-22,34H,2-5,16-17H2,1H3,(H,31,35). The molecule has 0 bridgehead atoms. The number of nitrogens with one attached hydrogen (secondary N) is 1. The van der Waals surface area contributed by atoms with Gasteiger partial charge < -0.3 is 23.7 Å². The lowest BCUT2D eigenvalue weighted by Crippen LogP contribution is -2.23. The van der Waals surface area contributed by atoms with Gasteiger partial charge in [0.1, 0.15) is 24.5 Å². The first-order valence-electron chi connectivity index (χ1n) is 12.5. The minimum absolute atomic E-state index is 0.140. The largest absolute Gasteiger partial charge is 0.491 e. The molecule has 190 valence electrons. The first-order chi connectivity index (χ1) is 18.1. The van der Waals surface area contributed by atoms with E-state index in [1.807, 2.05) is 42.5 Å². The molecule has 37 heavy (non-hydrogen) atoms. The summed E-state index contributed by atoms with van der Waals surface area (Å²) in [6.45, 7) is 2.59. The number of nitrogens with zero attached hydrogens (tertiary/aromatic N) is 4. The van der Waals surface area contributed by atoms with E-state index < -0.39 is 12.2 Å². The Morgan fingerprint density at radius 1 is 1.27 bits per heavy atom. The van der Waals surface area contributed by atoms with Gasteiger partial charge in [-0.05, 0) is 56.0 Å². The number of carbonyl (C=O) groups excluding carboxylic acids is 1. The number of aromatic nitrogens is 3. The highest BCUT2D eigenvalue weighted by molar-refractivity contribution is 5.96. The number of aliphatic hydroxyl groups is 1. The molecule has 2 aromatic heterocycles. The van der Waals surface area contributed by atoms with Crippen LogP contribution in [0.25, 0.3) is 22.2 Å². The molecule has 0 spiro atoms. The van der Waals surface area contributed by atoms with Gasteiger partial charge in [-0.25, -0.2) is 9.78 Å². The van der Waals surface area contributed by atoms with Crippen LogP contribution in [0.5, 0.6) is 5.75 Å². The lowest BCUT2D eigenvalue weighted by Gasteiger charge is -2.30. The van der Waals surface area contributed by atoms with E-state index in [9.17, 15) is 15.2 Å². The molecule has 9 nitrogen and oxygen atoms in total. The number of benzene rings is 2. The number of rotatable bonds is 9. The maximum atomic E-state index is 11.8. The third-order valence-corrected chi connectivity index (χ3v) is 6.63. The Balaban J connectivity index is 1.45. The van der Waals surface area contributed by atoms with Gasteiger partial charge in [-0.2, -0.15) is 5.26 Å². The maximum absolute atomic E-state index is 11.8. The summed E-state index contributed by atoms with van der Waals surface area (Å²) < 4.78 is 14.9. The van der Waals surface area contributed by atoms with Crippen molar-refractivity contribution in [2.75, 3.05) is 18.5 Å². The molecular formula is C28H29N5O4. The topological polar surface area (TPSA) is 114 Å². The SMILES string of the molecule is CCOC(=O)Nc1ccc(-c2c(C#N)c3ccc(OCC(O)Cn4ccnc4)cc3n2C2CCC2)cc1. The van der Waals surface area contributed by atoms with Gasteiger partial charge in [-0.15, -0.1) is 0 Å². The van der Waals surface area contributed by atoms with Gasteiger partial charge in [0.2, 0.25) is 0 Å². The lowest BCUT2D eigenvalue weighted by molar-refractivity contribution is 0.0925. The number of nitriles is 1. The molecule has 1 aliphatic carbocycles. The summed E-state index contributed by atoms with van der Waals surface area (Å²) >= 11 is 0. The third kappa shape index (κ3) is 5.15. The van der Waals surface area contributed by atoms with E-state index in [-0.39, 0.29) is 6.61 Å². The average molecular weight is 500 g/mol. The Kier molecular flexibility index (Phi) is 7.10. The quantitative estimate of drug-likeness (QED) is 0.331. The number of anilines is 1. The number of fused-ring (bicyclic) bond motifs is 1. The summed E-state index contributed by atoms with van der Waals surface area (Å²) in [6, 6.07) is 15.9. The molecule has 1 fully saturated rings. The molecule has 1 unspecified atom stereocenters. The Labute approximate surface area is 214 Å². The molecule has 2 heterocycles. The fourth-order valence-electron chi connectivity index (χ4n) is 4.68.